The van der Waals surface area contributed by atoms with Crippen molar-refractivity contribution in [3.8, 4) is 0 Å². The second-order valence-electron chi connectivity index (χ2n) is 22.5. The Labute approximate surface area is 341 Å². The highest BCUT2D eigenvalue weighted by atomic mass is 16.5. The Morgan fingerprint density at radius 2 is 1.15 bits per heavy atom. The number of rotatable bonds is 21. The van der Waals surface area contributed by atoms with Crippen molar-refractivity contribution in [2.75, 3.05) is 98.4 Å². The summed E-state index contributed by atoms with van der Waals surface area (Å²) in [4.78, 5) is 25.7. The molecule has 0 saturated carbocycles. The molecule has 0 unspecified atom stereocenters. The number of amides is 1. The topological polar surface area (TPSA) is 63.8 Å². The van der Waals surface area contributed by atoms with E-state index in [9.17, 15) is 4.79 Å². The molecule has 3 rings (SSSR count). The average molecular weight is 777 g/mol. The number of carbonyl (C=O) groups is 1. The van der Waals surface area contributed by atoms with E-state index in [0.717, 1.165) is 137 Å². The summed E-state index contributed by atoms with van der Waals surface area (Å²) < 4.78 is 12.1. The van der Waals surface area contributed by atoms with Gasteiger partial charge in [0.2, 0.25) is 5.91 Å². The second kappa shape index (κ2) is 20.9. The molecule has 0 aromatic heterocycles. The fourth-order valence-corrected chi connectivity index (χ4v) is 9.93. The Kier molecular flexibility index (Phi) is 18.5. The number of unbranched alkanes of at least 4 members (excludes halogenated alkanes) is 1. The summed E-state index contributed by atoms with van der Waals surface area (Å²) in [6.07, 6.45) is 9.70. The summed E-state index contributed by atoms with van der Waals surface area (Å²) in [5, 5.41) is 4.03. The first-order valence-electron chi connectivity index (χ1n) is 22.6. The van der Waals surface area contributed by atoms with Gasteiger partial charge in [-0.25, -0.2) is 0 Å². The van der Waals surface area contributed by atoms with Crippen LogP contribution < -0.4 is 5.32 Å². The minimum absolute atomic E-state index is 0.0578. The van der Waals surface area contributed by atoms with E-state index in [0.29, 0.717) is 18.4 Å². The van der Waals surface area contributed by atoms with Crippen LogP contribution in [0.3, 0.4) is 0 Å². The van der Waals surface area contributed by atoms with Gasteiger partial charge in [-0.15, -0.1) is 0 Å². The Bertz CT molecular complexity index is 1100. The molecule has 0 aromatic rings. The van der Waals surface area contributed by atoms with Gasteiger partial charge in [0, 0.05) is 101 Å². The van der Waals surface area contributed by atoms with Crippen LogP contribution in [-0.4, -0.2) is 157 Å². The quantitative estimate of drug-likeness (QED) is 0.119. The van der Waals surface area contributed by atoms with Crippen LogP contribution in [-0.2, 0) is 14.3 Å². The molecule has 3 fully saturated rings. The maximum Gasteiger partial charge on any atom is 0.222 e. The van der Waals surface area contributed by atoms with Crippen molar-refractivity contribution < 1.29 is 14.3 Å². The number of piperazine rings is 2. The highest BCUT2D eigenvalue weighted by Gasteiger charge is 2.36. The molecule has 9 nitrogen and oxygen atoms in total. The molecule has 324 valence electrons. The third-order valence-electron chi connectivity index (χ3n) is 12.7. The molecule has 0 aliphatic carbocycles. The largest absolute Gasteiger partial charge is 0.380 e. The second-order valence-corrected chi connectivity index (χ2v) is 22.5. The Hall–Kier alpha value is -0.810. The summed E-state index contributed by atoms with van der Waals surface area (Å²) in [6, 6.07) is 0.584. The molecule has 9 heteroatoms. The molecular weight excluding hydrogens is 685 g/mol. The number of hydrogen-bond acceptors (Lipinski definition) is 8. The van der Waals surface area contributed by atoms with E-state index in [1.807, 2.05) is 0 Å². The van der Waals surface area contributed by atoms with Crippen molar-refractivity contribution in [2.45, 2.75) is 183 Å². The highest BCUT2D eigenvalue weighted by Crippen LogP contribution is 2.36. The van der Waals surface area contributed by atoms with Crippen molar-refractivity contribution in [1.82, 2.24) is 29.8 Å². The molecular formula is C46H92N6O3. The predicted molar refractivity (Wildman–Crippen MR) is 233 cm³/mol. The Morgan fingerprint density at radius 3 is 1.73 bits per heavy atom. The minimum atomic E-state index is -0.0578. The first-order chi connectivity index (χ1) is 25.3. The lowest BCUT2D eigenvalue weighted by atomic mass is 9.76. The van der Waals surface area contributed by atoms with Crippen molar-refractivity contribution in [2.24, 2.45) is 10.8 Å². The van der Waals surface area contributed by atoms with Crippen LogP contribution in [0, 0.1) is 10.8 Å². The highest BCUT2D eigenvalue weighted by molar-refractivity contribution is 5.76. The van der Waals surface area contributed by atoms with Crippen LogP contribution >= 0.6 is 0 Å². The summed E-state index contributed by atoms with van der Waals surface area (Å²) in [6.45, 7) is 47.6. The zero-order valence-electron chi connectivity index (χ0n) is 39.0. The van der Waals surface area contributed by atoms with Crippen LogP contribution in [0.4, 0.5) is 0 Å². The number of likely N-dealkylation sites (tertiary alicyclic amines) is 1. The maximum atomic E-state index is 13.3. The smallest absolute Gasteiger partial charge is 0.222 e. The molecule has 3 saturated heterocycles. The number of nitrogens with one attached hydrogen (secondary N) is 1. The molecule has 55 heavy (non-hydrogen) atoms. The van der Waals surface area contributed by atoms with Gasteiger partial charge in [0.15, 0.2) is 0 Å². The van der Waals surface area contributed by atoms with Crippen molar-refractivity contribution in [3.63, 3.8) is 0 Å². The molecule has 1 amide bonds. The standard InChI is InChI=1S/C46H92N6O3/c1-41(2,3)51-28-24-49(25-29-51)32-35-54-34-21-44(9,10)38-46(13,14)52-30-26-50(27-31-52)40(53)17-15-16-20-43(7,8)37-45(11,12)47-39-18-22-48(23-19-39)33-36-55-42(4,5)6/h39,47H,15-38H2,1-14H3. The zero-order valence-corrected chi connectivity index (χ0v) is 39.0. The van der Waals surface area contributed by atoms with Gasteiger partial charge in [-0.05, 0) is 138 Å². The van der Waals surface area contributed by atoms with Crippen molar-refractivity contribution >= 4 is 5.91 Å². The van der Waals surface area contributed by atoms with Crippen molar-refractivity contribution in [3.05, 3.63) is 0 Å². The molecule has 0 aromatic carbocycles. The van der Waals surface area contributed by atoms with Gasteiger partial charge in [-0.2, -0.15) is 0 Å². The Balaban J connectivity index is 1.26. The number of ether oxygens (including phenoxy) is 2. The molecule has 0 spiro atoms. The van der Waals surface area contributed by atoms with E-state index < -0.39 is 0 Å². The summed E-state index contributed by atoms with van der Waals surface area (Å²) in [5.41, 5.74) is 0.844. The molecule has 0 bridgehead atoms. The molecule has 3 heterocycles. The van der Waals surface area contributed by atoms with Crippen LogP contribution in [0.2, 0.25) is 0 Å². The van der Waals surface area contributed by atoms with Crippen LogP contribution in [0.1, 0.15) is 155 Å². The van der Waals surface area contributed by atoms with E-state index in [1.54, 1.807) is 0 Å². The third-order valence-corrected chi connectivity index (χ3v) is 12.7. The van der Waals surface area contributed by atoms with E-state index in [4.69, 9.17) is 9.47 Å². The number of carbonyl (C=O) groups excluding carboxylic acids is 1. The average Bonchev–Trinajstić information content (AvgIpc) is 3.05. The van der Waals surface area contributed by atoms with Crippen LogP contribution in [0.5, 0.6) is 0 Å². The van der Waals surface area contributed by atoms with E-state index >= 15 is 0 Å². The number of hydrogen-bond donors (Lipinski definition) is 1. The molecule has 0 radical (unpaired) electrons. The van der Waals surface area contributed by atoms with E-state index in [1.165, 1.54) is 12.8 Å². The SMILES string of the molecule is CC(C)(CCCCC(=O)N1CCN(C(C)(C)CC(C)(C)CCOCCN2CCN(C(C)(C)C)CC2)CC1)CC(C)(C)NC1CCN(CCOC(C)(C)C)CC1. The molecule has 3 aliphatic heterocycles. The van der Waals surface area contributed by atoms with Gasteiger partial charge in [-0.3, -0.25) is 19.5 Å². The van der Waals surface area contributed by atoms with Crippen LogP contribution in [0.15, 0.2) is 0 Å². The van der Waals surface area contributed by atoms with E-state index in [2.05, 4.69) is 127 Å². The number of nitrogens with zero attached hydrogens (tertiary/aromatic N) is 5. The van der Waals surface area contributed by atoms with Gasteiger partial charge in [0.25, 0.3) is 0 Å². The first kappa shape index (κ1) is 48.6. The lowest BCUT2D eigenvalue weighted by Crippen LogP contribution is -2.56. The summed E-state index contributed by atoms with van der Waals surface area (Å²) in [5.74, 6) is 0.349. The van der Waals surface area contributed by atoms with E-state index in [-0.39, 0.29) is 33.0 Å². The monoisotopic (exact) mass is 777 g/mol. The first-order valence-corrected chi connectivity index (χ1v) is 22.6. The molecule has 3 aliphatic rings. The fraction of sp³-hybridized carbons (Fsp3) is 0.978. The van der Waals surface area contributed by atoms with Crippen LogP contribution in [0.25, 0.3) is 0 Å². The van der Waals surface area contributed by atoms with Gasteiger partial charge in [0.05, 0.1) is 18.8 Å². The normalized spacial score (nSPS) is 20.4. The van der Waals surface area contributed by atoms with Gasteiger partial charge in [0.1, 0.15) is 0 Å². The molecule has 0 atom stereocenters. The van der Waals surface area contributed by atoms with Gasteiger partial charge < -0.3 is 24.6 Å². The third kappa shape index (κ3) is 18.8. The maximum absolute atomic E-state index is 13.3. The summed E-state index contributed by atoms with van der Waals surface area (Å²) in [7, 11) is 0. The lowest BCUT2D eigenvalue weighted by molar-refractivity contribution is -0.134. The lowest BCUT2D eigenvalue weighted by Gasteiger charge is -2.47. The summed E-state index contributed by atoms with van der Waals surface area (Å²) >= 11 is 0. The predicted octanol–water partition coefficient (Wildman–Crippen LogP) is 7.77. The van der Waals surface area contributed by atoms with Crippen molar-refractivity contribution in [1.29, 1.82) is 0 Å². The number of piperidine rings is 1. The Morgan fingerprint density at radius 1 is 0.600 bits per heavy atom. The fourth-order valence-electron chi connectivity index (χ4n) is 9.93. The van der Waals surface area contributed by atoms with Gasteiger partial charge in [-0.1, -0.05) is 34.1 Å². The minimum Gasteiger partial charge on any atom is -0.380 e. The molecule has 1 N–H and O–H groups in total. The van der Waals surface area contributed by atoms with Gasteiger partial charge >= 0.3 is 0 Å². The zero-order chi connectivity index (χ0) is 41.1.